The van der Waals surface area contributed by atoms with Gasteiger partial charge in [-0.25, -0.2) is 4.39 Å². The summed E-state index contributed by atoms with van der Waals surface area (Å²) in [6, 6.07) is 0.939. The summed E-state index contributed by atoms with van der Waals surface area (Å²) in [5, 5.41) is 13.1. The molecule has 14 heteroatoms. The number of rotatable bonds is 8. The van der Waals surface area contributed by atoms with Gasteiger partial charge in [0.25, 0.3) is 5.91 Å². The Morgan fingerprint density at radius 1 is 1.04 bits per heavy atom. The van der Waals surface area contributed by atoms with Gasteiger partial charge >= 0.3 is 12.1 Å². The average molecular weight is 676 g/mol. The van der Waals surface area contributed by atoms with Crippen LogP contribution in [0.5, 0.6) is 0 Å². The highest BCUT2D eigenvalue weighted by atomic mass is 35.5. The van der Waals surface area contributed by atoms with E-state index in [9.17, 15) is 37.1 Å². The predicted molar refractivity (Wildman–Crippen MR) is 159 cm³/mol. The molecule has 2 saturated heterocycles. The monoisotopic (exact) mass is 674 g/mol. The molecule has 1 N–H and O–H groups in total. The number of alkyl halides is 3. The minimum absolute atomic E-state index is 0.0905. The first-order valence-corrected chi connectivity index (χ1v) is 15.9. The van der Waals surface area contributed by atoms with Gasteiger partial charge in [-0.1, -0.05) is 23.2 Å². The quantitative estimate of drug-likeness (QED) is 0.234. The van der Waals surface area contributed by atoms with Crippen LogP contribution in [0.15, 0.2) is 18.3 Å². The number of carbonyl (C=O) groups excluding carboxylic acids is 2. The van der Waals surface area contributed by atoms with Crippen LogP contribution < -0.4 is 0 Å². The van der Waals surface area contributed by atoms with Crippen molar-refractivity contribution in [2.24, 2.45) is 5.41 Å². The lowest BCUT2D eigenvalue weighted by atomic mass is 9.74. The SMILES string of the molecule is CC(C)N1C2CCC1CC(N(CC(=O)c1c(Cl)cc(F)cc1Cl)C(=O)c1cnn([C@H]3CC[C@](C)(C(=O)O)CC3)c1C(F)(F)F)C2. The molecule has 2 atom stereocenters. The van der Waals surface area contributed by atoms with E-state index in [0.29, 0.717) is 12.8 Å². The molecular formula is C31H36Cl2F4N4O4. The van der Waals surface area contributed by atoms with Gasteiger partial charge in [0.1, 0.15) is 5.82 Å². The molecule has 0 radical (unpaired) electrons. The van der Waals surface area contributed by atoms with Crippen LogP contribution in [-0.2, 0) is 11.0 Å². The molecule has 0 spiro atoms. The van der Waals surface area contributed by atoms with E-state index in [4.69, 9.17) is 23.2 Å². The third-order valence-corrected chi connectivity index (χ3v) is 10.5. The molecule has 1 saturated carbocycles. The Morgan fingerprint density at radius 2 is 1.60 bits per heavy atom. The highest BCUT2D eigenvalue weighted by molar-refractivity contribution is 6.40. The standard InChI is InChI=1S/C31H36Cl2F4N4O4/c1-16(2)40-19-4-5-20(40)13-21(12-19)39(15-25(42)26-23(32)10-17(34)11-24(26)33)28(43)22-14-38-41(27(22)31(35,36)37)18-6-8-30(3,9-7-18)29(44)45/h10-11,14,16,18-21H,4-9,12-13,15H2,1-3H3,(H,44,45)/t18-,19?,20?,21?,30-. The number of carbonyl (C=O) groups is 3. The maximum absolute atomic E-state index is 14.7. The van der Waals surface area contributed by atoms with Crippen LogP contribution >= 0.6 is 23.2 Å². The second-order valence-corrected chi connectivity index (χ2v) is 13.9. The molecule has 1 aliphatic carbocycles. The predicted octanol–water partition coefficient (Wildman–Crippen LogP) is 7.28. The number of aromatic nitrogens is 2. The van der Waals surface area contributed by atoms with Crippen LogP contribution in [0.25, 0.3) is 0 Å². The minimum Gasteiger partial charge on any atom is -0.481 e. The summed E-state index contributed by atoms with van der Waals surface area (Å²) in [6.07, 6.45) is -0.813. The van der Waals surface area contributed by atoms with Gasteiger partial charge in [-0.05, 0) is 84.3 Å². The van der Waals surface area contributed by atoms with Crippen molar-refractivity contribution in [3.05, 3.63) is 51.0 Å². The lowest BCUT2D eigenvalue weighted by Gasteiger charge is -2.45. The first kappa shape index (κ1) is 33.7. The third kappa shape index (κ3) is 6.47. The molecule has 1 aromatic carbocycles. The number of aliphatic carboxylic acids is 1. The van der Waals surface area contributed by atoms with Crippen LogP contribution in [0.1, 0.15) is 105 Å². The van der Waals surface area contributed by atoms with Crippen molar-refractivity contribution >= 4 is 40.9 Å². The van der Waals surface area contributed by atoms with Crippen LogP contribution in [0.4, 0.5) is 17.6 Å². The summed E-state index contributed by atoms with van der Waals surface area (Å²) in [5.74, 6) is -3.49. The number of nitrogens with zero attached hydrogens (tertiary/aromatic N) is 4. The van der Waals surface area contributed by atoms with Crippen molar-refractivity contribution in [1.29, 1.82) is 0 Å². The Morgan fingerprint density at radius 3 is 2.09 bits per heavy atom. The van der Waals surface area contributed by atoms with Gasteiger partial charge in [0.05, 0.1) is 45.4 Å². The highest BCUT2D eigenvalue weighted by Gasteiger charge is 2.48. The van der Waals surface area contributed by atoms with Gasteiger partial charge < -0.3 is 10.0 Å². The first-order valence-electron chi connectivity index (χ1n) is 15.2. The topological polar surface area (TPSA) is 95.7 Å². The van der Waals surface area contributed by atoms with E-state index in [2.05, 4.69) is 23.8 Å². The second kappa shape index (κ2) is 12.5. The Balaban J connectivity index is 1.51. The van der Waals surface area contributed by atoms with E-state index in [1.54, 1.807) is 6.92 Å². The summed E-state index contributed by atoms with van der Waals surface area (Å²) in [5.41, 5.74) is -3.17. The van der Waals surface area contributed by atoms with Gasteiger partial charge in [0, 0.05) is 24.2 Å². The zero-order chi connectivity index (χ0) is 33.0. The number of hydrogen-bond acceptors (Lipinski definition) is 5. The Labute approximate surface area is 268 Å². The second-order valence-electron chi connectivity index (χ2n) is 13.1. The summed E-state index contributed by atoms with van der Waals surface area (Å²) >= 11 is 12.3. The number of hydrogen-bond donors (Lipinski definition) is 1. The Bertz CT molecular complexity index is 1450. The third-order valence-electron chi connectivity index (χ3n) is 9.88. The molecule has 1 amide bonds. The smallest absolute Gasteiger partial charge is 0.433 e. The number of ketones is 1. The van der Waals surface area contributed by atoms with E-state index in [0.717, 1.165) is 35.9 Å². The summed E-state index contributed by atoms with van der Waals surface area (Å²) in [6.45, 7) is 5.11. The van der Waals surface area contributed by atoms with Gasteiger partial charge in [0.2, 0.25) is 0 Å². The summed E-state index contributed by atoms with van der Waals surface area (Å²) in [7, 11) is 0. The maximum Gasteiger partial charge on any atom is 0.433 e. The number of fused-ring (bicyclic) bond motifs is 2. The van der Waals surface area contributed by atoms with Crippen molar-refractivity contribution in [3.63, 3.8) is 0 Å². The van der Waals surface area contributed by atoms with Crippen molar-refractivity contribution in [1.82, 2.24) is 19.6 Å². The number of carboxylic acid groups (broad SMARTS) is 1. The molecule has 2 unspecified atom stereocenters. The molecule has 5 rings (SSSR count). The van der Waals surface area contributed by atoms with Crippen molar-refractivity contribution < 1.29 is 37.1 Å². The molecule has 2 aliphatic heterocycles. The zero-order valence-corrected chi connectivity index (χ0v) is 26.7. The molecule has 2 bridgehead atoms. The van der Waals surface area contributed by atoms with Crippen LogP contribution in [0, 0.1) is 11.2 Å². The molecule has 3 aliphatic rings. The minimum atomic E-state index is -4.96. The maximum atomic E-state index is 14.7. The van der Waals surface area contributed by atoms with E-state index in [1.807, 2.05) is 0 Å². The first-order chi connectivity index (χ1) is 21.0. The largest absolute Gasteiger partial charge is 0.481 e. The van der Waals surface area contributed by atoms with Gasteiger partial charge in [-0.3, -0.25) is 24.0 Å². The Hall–Kier alpha value is -2.70. The van der Waals surface area contributed by atoms with E-state index in [-0.39, 0.29) is 59.4 Å². The fourth-order valence-corrected chi connectivity index (χ4v) is 8.29. The molecule has 1 aromatic heterocycles. The molecule has 45 heavy (non-hydrogen) atoms. The highest BCUT2D eigenvalue weighted by Crippen LogP contribution is 2.44. The molecular weight excluding hydrogens is 639 g/mol. The van der Waals surface area contributed by atoms with E-state index >= 15 is 0 Å². The number of amides is 1. The number of carboxylic acids is 1. The number of piperidine rings is 1. The molecule has 3 fully saturated rings. The number of halogens is 6. The van der Waals surface area contributed by atoms with Crippen molar-refractivity contribution in [2.75, 3.05) is 6.54 Å². The Kier molecular flexibility index (Phi) is 9.34. The van der Waals surface area contributed by atoms with Gasteiger partial charge in [-0.15, -0.1) is 0 Å². The lowest BCUT2D eigenvalue weighted by Crippen LogP contribution is -2.55. The van der Waals surface area contributed by atoms with Gasteiger partial charge in [0.15, 0.2) is 11.5 Å². The van der Waals surface area contributed by atoms with E-state index < -0.39 is 65.0 Å². The van der Waals surface area contributed by atoms with Crippen LogP contribution in [-0.4, -0.2) is 73.1 Å². The summed E-state index contributed by atoms with van der Waals surface area (Å²) < 4.78 is 58.8. The summed E-state index contributed by atoms with van der Waals surface area (Å²) in [4.78, 5) is 43.1. The number of Topliss-reactive ketones (excluding diaryl/α,β-unsaturated/α-hetero) is 1. The van der Waals surface area contributed by atoms with Gasteiger partial charge in [-0.2, -0.15) is 18.3 Å². The van der Waals surface area contributed by atoms with Crippen molar-refractivity contribution in [2.45, 2.75) is 109 Å². The zero-order valence-electron chi connectivity index (χ0n) is 25.2. The van der Waals surface area contributed by atoms with Crippen LogP contribution in [0.2, 0.25) is 10.0 Å². The molecule has 8 nitrogen and oxygen atoms in total. The fourth-order valence-electron chi connectivity index (χ4n) is 7.62. The number of benzene rings is 1. The lowest BCUT2D eigenvalue weighted by molar-refractivity contribution is -0.152. The van der Waals surface area contributed by atoms with E-state index in [1.165, 1.54) is 4.90 Å². The van der Waals surface area contributed by atoms with Crippen LogP contribution in [0.3, 0.4) is 0 Å². The molecule has 246 valence electrons. The molecule has 3 heterocycles. The average Bonchev–Trinajstić information content (AvgIpc) is 3.50. The molecule has 2 aromatic rings. The van der Waals surface area contributed by atoms with Crippen molar-refractivity contribution in [3.8, 4) is 0 Å². The normalized spacial score (nSPS) is 27.2. The fraction of sp³-hybridized carbons (Fsp3) is 0.613.